The van der Waals surface area contributed by atoms with Gasteiger partial charge in [-0.2, -0.15) is 0 Å². The molecule has 1 N–H and O–H groups in total. The number of carbonyl (C=O) groups is 1. The van der Waals surface area contributed by atoms with Crippen molar-refractivity contribution in [1.82, 2.24) is 14.5 Å². The number of halogens is 1. The third kappa shape index (κ3) is 4.79. The highest BCUT2D eigenvalue weighted by molar-refractivity contribution is 5.76. The van der Waals surface area contributed by atoms with E-state index in [1.165, 1.54) is 24.3 Å². The van der Waals surface area contributed by atoms with Gasteiger partial charge in [-0.15, -0.1) is 0 Å². The zero-order valence-corrected chi connectivity index (χ0v) is 14.0. The molecule has 1 aromatic carbocycles. The summed E-state index contributed by atoms with van der Waals surface area (Å²) in [6.07, 6.45) is 6.95. The number of nitrogens with zero attached hydrogens (tertiary/aromatic N) is 3. The highest BCUT2D eigenvalue weighted by Gasteiger charge is 2.38. The Kier molecular flexibility index (Phi) is 5.33. The Morgan fingerprint density at radius 2 is 2.16 bits per heavy atom. The van der Waals surface area contributed by atoms with Crippen LogP contribution in [0.3, 0.4) is 0 Å². The lowest BCUT2D eigenvalue weighted by Gasteiger charge is -2.23. The van der Waals surface area contributed by atoms with Crippen molar-refractivity contribution in [1.29, 1.82) is 0 Å². The number of rotatable bonds is 7. The second kappa shape index (κ2) is 7.65. The summed E-state index contributed by atoms with van der Waals surface area (Å²) >= 11 is 0. The van der Waals surface area contributed by atoms with E-state index >= 15 is 0 Å². The van der Waals surface area contributed by atoms with Crippen molar-refractivity contribution >= 4 is 5.91 Å². The van der Waals surface area contributed by atoms with Crippen molar-refractivity contribution in [3.05, 3.63) is 48.8 Å². The van der Waals surface area contributed by atoms with Crippen molar-refractivity contribution in [3.8, 4) is 5.75 Å². The number of carbonyl (C=O) groups excluding carboxylic acids is 1. The second-order valence-electron chi connectivity index (χ2n) is 6.44. The molecule has 3 rings (SSSR count). The molecule has 0 aliphatic carbocycles. The Hall–Kier alpha value is -2.41. The number of β-amino-alcohol motifs (C(OH)–C–C–N with tert-alkyl or cyclic N) is 1. The summed E-state index contributed by atoms with van der Waals surface area (Å²) in [5.74, 6) is 0.206. The lowest BCUT2D eigenvalue weighted by atomic mass is 10.1. The standard InChI is InChI=1S/C18H22FN3O3/c19-15-3-5-16(6-4-15)25-13-18(24)7-10-22(12-18)17(23)2-1-9-21-11-8-20-14-21/h3-6,8,11,14,24H,1-2,7,9-10,12-13H2. The Morgan fingerprint density at radius 3 is 2.88 bits per heavy atom. The van der Waals surface area contributed by atoms with Crippen molar-refractivity contribution in [3.63, 3.8) is 0 Å². The number of aryl methyl sites for hydroxylation is 1. The van der Waals surface area contributed by atoms with Crippen molar-refractivity contribution in [2.45, 2.75) is 31.4 Å². The SMILES string of the molecule is O=C(CCCn1ccnc1)N1CCC(O)(COc2ccc(F)cc2)C1. The summed E-state index contributed by atoms with van der Waals surface area (Å²) in [5, 5.41) is 10.6. The van der Waals surface area contributed by atoms with Crippen LogP contribution < -0.4 is 4.74 Å². The van der Waals surface area contributed by atoms with Gasteiger partial charge in [-0.05, 0) is 37.1 Å². The van der Waals surface area contributed by atoms with Gasteiger partial charge >= 0.3 is 0 Å². The van der Waals surface area contributed by atoms with Gasteiger partial charge < -0.3 is 19.3 Å². The molecule has 7 heteroatoms. The highest BCUT2D eigenvalue weighted by Crippen LogP contribution is 2.24. The zero-order chi connectivity index (χ0) is 17.7. The maximum atomic E-state index is 12.9. The van der Waals surface area contributed by atoms with Gasteiger partial charge in [0.05, 0.1) is 12.9 Å². The molecule has 1 unspecified atom stereocenters. The normalized spacial score (nSPS) is 20.0. The summed E-state index contributed by atoms with van der Waals surface area (Å²) in [6, 6.07) is 5.66. The average Bonchev–Trinajstić information content (AvgIpc) is 3.25. The fraction of sp³-hybridized carbons (Fsp3) is 0.444. The van der Waals surface area contributed by atoms with Gasteiger partial charge in [-0.25, -0.2) is 9.37 Å². The van der Waals surface area contributed by atoms with Crippen molar-refractivity contribution in [2.75, 3.05) is 19.7 Å². The van der Waals surface area contributed by atoms with Crippen LogP contribution in [-0.4, -0.2) is 50.8 Å². The zero-order valence-electron chi connectivity index (χ0n) is 14.0. The van der Waals surface area contributed by atoms with Crippen LogP contribution in [0.1, 0.15) is 19.3 Å². The first-order valence-electron chi connectivity index (χ1n) is 8.38. The molecular formula is C18H22FN3O3. The van der Waals surface area contributed by atoms with Gasteiger partial charge in [0.15, 0.2) is 0 Å². The van der Waals surface area contributed by atoms with Crippen LogP contribution in [0.25, 0.3) is 0 Å². The van der Waals surface area contributed by atoms with E-state index in [-0.39, 0.29) is 24.9 Å². The van der Waals surface area contributed by atoms with Crippen LogP contribution in [-0.2, 0) is 11.3 Å². The summed E-state index contributed by atoms with van der Waals surface area (Å²) < 4.78 is 20.4. The van der Waals surface area contributed by atoms with E-state index in [2.05, 4.69) is 4.98 Å². The minimum Gasteiger partial charge on any atom is -0.491 e. The van der Waals surface area contributed by atoms with Crippen molar-refractivity contribution in [2.24, 2.45) is 0 Å². The molecule has 1 atom stereocenters. The van der Waals surface area contributed by atoms with Crippen LogP contribution in [0.15, 0.2) is 43.0 Å². The quantitative estimate of drug-likeness (QED) is 0.830. The molecular weight excluding hydrogens is 325 g/mol. The molecule has 1 fully saturated rings. The van der Waals surface area contributed by atoms with E-state index in [0.29, 0.717) is 25.1 Å². The molecule has 0 radical (unpaired) electrons. The minimum absolute atomic E-state index is 0.0397. The minimum atomic E-state index is -1.06. The number of imidazole rings is 1. The Bertz CT molecular complexity index is 690. The number of likely N-dealkylation sites (tertiary alicyclic amines) is 1. The number of ether oxygens (including phenoxy) is 1. The van der Waals surface area contributed by atoms with E-state index in [9.17, 15) is 14.3 Å². The first-order valence-corrected chi connectivity index (χ1v) is 8.38. The van der Waals surface area contributed by atoms with Crippen LogP contribution in [0.2, 0.25) is 0 Å². The van der Waals surface area contributed by atoms with Gasteiger partial charge in [0.2, 0.25) is 5.91 Å². The maximum Gasteiger partial charge on any atom is 0.222 e. The Morgan fingerprint density at radius 1 is 1.36 bits per heavy atom. The van der Waals surface area contributed by atoms with Gasteiger partial charge in [0.1, 0.15) is 23.8 Å². The fourth-order valence-electron chi connectivity index (χ4n) is 2.93. The molecule has 0 spiro atoms. The predicted octanol–water partition coefficient (Wildman–Crippen LogP) is 1.84. The van der Waals surface area contributed by atoms with Crippen LogP contribution >= 0.6 is 0 Å². The number of aliphatic hydroxyl groups is 1. The van der Waals surface area contributed by atoms with Gasteiger partial charge in [0.25, 0.3) is 0 Å². The Balaban J connectivity index is 1.43. The molecule has 134 valence electrons. The predicted molar refractivity (Wildman–Crippen MR) is 89.5 cm³/mol. The monoisotopic (exact) mass is 347 g/mol. The summed E-state index contributed by atoms with van der Waals surface area (Å²) in [5.41, 5.74) is -1.06. The molecule has 0 bridgehead atoms. The molecule has 1 saturated heterocycles. The number of hydrogen-bond donors (Lipinski definition) is 1. The average molecular weight is 347 g/mol. The van der Waals surface area contributed by atoms with Gasteiger partial charge in [-0.3, -0.25) is 4.79 Å². The maximum absolute atomic E-state index is 12.9. The third-order valence-electron chi connectivity index (χ3n) is 4.37. The van der Waals surface area contributed by atoms with E-state index < -0.39 is 5.60 Å². The smallest absolute Gasteiger partial charge is 0.222 e. The van der Waals surface area contributed by atoms with E-state index in [0.717, 1.165) is 13.0 Å². The molecule has 25 heavy (non-hydrogen) atoms. The second-order valence-corrected chi connectivity index (χ2v) is 6.44. The van der Waals surface area contributed by atoms with Crippen LogP contribution in [0.4, 0.5) is 4.39 Å². The molecule has 1 aliphatic heterocycles. The third-order valence-corrected chi connectivity index (χ3v) is 4.37. The largest absolute Gasteiger partial charge is 0.491 e. The molecule has 1 amide bonds. The summed E-state index contributed by atoms with van der Waals surface area (Å²) in [6.45, 7) is 1.61. The number of benzene rings is 1. The number of hydrogen-bond acceptors (Lipinski definition) is 4. The van der Waals surface area contributed by atoms with E-state index in [4.69, 9.17) is 4.74 Å². The first kappa shape index (κ1) is 17.4. The van der Waals surface area contributed by atoms with Crippen molar-refractivity contribution < 1.29 is 19.0 Å². The molecule has 0 saturated carbocycles. The van der Waals surface area contributed by atoms with Crippen LogP contribution in [0.5, 0.6) is 5.75 Å². The lowest BCUT2D eigenvalue weighted by molar-refractivity contribution is -0.131. The highest BCUT2D eigenvalue weighted by atomic mass is 19.1. The molecule has 2 aromatic rings. The van der Waals surface area contributed by atoms with Gasteiger partial charge in [-0.1, -0.05) is 0 Å². The summed E-state index contributed by atoms with van der Waals surface area (Å²) in [4.78, 5) is 17.9. The molecule has 6 nitrogen and oxygen atoms in total. The fourth-order valence-corrected chi connectivity index (χ4v) is 2.93. The number of aromatic nitrogens is 2. The topological polar surface area (TPSA) is 67.6 Å². The van der Waals surface area contributed by atoms with E-state index in [1.54, 1.807) is 17.4 Å². The molecule has 2 heterocycles. The van der Waals surface area contributed by atoms with Gasteiger partial charge in [0, 0.05) is 31.9 Å². The van der Waals surface area contributed by atoms with E-state index in [1.807, 2.05) is 10.8 Å². The molecule has 1 aromatic heterocycles. The first-order chi connectivity index (χ1) is 12.0. The lowest BCUT2D eigenvalue weighted by Crippen LogP contribution is -2.40. The number of amides is 1. The summed E-state index contributed by atoms with van der Waals surface area (Å²) in [7, 11) is 0. The molecule has 1 aliphatic rings. The Labute approximate surface area is 145 Å². The van der Waals surface area contributed by atoms with Crippen LogP contribution in [0, 0.1) is 5.82 Å².